The van der Waals surface area contributed by atoms with Gasteiger partial charge < -0.3 is 0 Å². The number of aromatic nitrogens is 3. The number of hydrogen-bond acceptors (Lipinski definition) is 3. The Morgan fingerprint density at radius 3 is 2.34 bits per heavy atom. The van der Waals surface area contributed by atoms with E-state index in [0.29, 0.717) is 15.8 Å². The van der Waals surface area contributed by atoms with Gasteiger partial charge in [0.2, 0.25) is 0 Å². The minimum absolute atomic E-state index is 0.673. The fourth-order valence-corrected chi connectivity index (χ4v) is 4.40. The number of hydrogen-bond donors (Lipinski definition) is 0. The summed E-state index contributed by atoms with van der Waals surface area (Å²) in [4.78, 5) is 0. The molecular weight excluding hydrogens is 445 g/mol. The molecule has 0 amide bonds. The van der Waals surface area contributed by atoms with E-state index >= 15 is 0 Å². The molecule has 146 valence electrons. The molecule has 0 aliphatic rings. The molecule has 0 radical (unpaired) electrons. The second kappa shape index (κ2) is 8.80. The lowest BCUT2D eigenvalue weighted by Gasteiger charge is -2.12. The molecule has 7 heteroatoms. The zero-order chi connectivity index (χ0) is 20.4. The lowest BCUT2D eigenvalue weighted by atomic mass is 10.2. The molecule has 4 aromatic rings. The Balaban J connectivity index is 1.77. The van der Waals surface area contributed by atoms with Gasteiger partial charge in [-0.25, -0.2) is 0 Å². The van der Waals surface area contributed by atoms with Gasteiger partial charge in [0, 0.05) is 26.4 Å². The van der Waals surface area contributed by atoms with E-state index in [1.807, 2.05) is 78.2 Å². The number of benzene rings is 3. The fourth-order valence-electron chi connectivity index (χ4n) is 2.86. The van der Waals surface area contributed by atoms with Gasteiger partial charge in [0.15, 0.2) is 11.0 Å². The van der Waals surface area contributed by atoms with Crippen molar-refractivity contribution in [1.29, 1.82) is 0 Å². The van der Waals surface area contributed by atoms with Crippen LogP contribution >= 0.6 is 46.6 Å². The van der Waals surface area contributed by atoms with Crippen LogP contribution in [0, 0.1) is 6.92 Å². The zero-order valence-electron chi connectivity index (χ0n) is 15.4. The Hall–Kier alpha value is -1.98. The maximum absolute atomic E-state index is 6.40. The third kappa shape index (κ3) is 4.46. The van der Waals surface area contributed by atoms with Gasteiger partial charge in [0.1, 0.15) is 0 Å². The van der Waals surface area contributed by atoms with E-state index in [2.05, 4.69) is 10.2 Å². The quantitative estimate of drug-likeness (QED) is 0.289. The summed E-state index contributed by atoms with van der Waals surface area (Å²) in [5, 5.41) is 11.8. The van der Waals surface area contributed by atoms with E-state index in [1.54, 1.807) is 11.8 Å². The van der Waals surface area contributed by atoms with Crippen LogP contribution in [0.2, 0.25) is 15.1 Å². The van der Waals surface area contributed by atoms with Gasteiger partial charge in [-0.2, -0.15) is 0 Å². The summed E-state index contributed by atoms with van der Waals surface area (Å²) in [5.41, 5.74) is 3.88. The van der Waals surface area contributed by atoms with Crippen molar-refractivity contribution in [2.75, 3.05) is 0 Å². The highest BCUT2D eigenvalue weighted by Gasteiger charge is 2.17. The molecule has 1 aromatic heterocycles. The summed E-state index contributed by atoms with van der Waals surface area (Å²) >= 11 is 20.3. The third-order valence-corrected chi connectivity index (χ3v) is 6.47. The van der Waals surface area contributed by atoms with Gasteiger partial charge in [-0.15, -0.1) is 10.2 Å². The van der Waals surface area contributed by atoms with Crippen LogP contribution in [-0.4, -0.2) is 14.8 Å². The number of rotatable bonds is 5. The van der Waals surface area contributed by atoms with Crippen LogP contribution in [0.25, 0.3) is 17.1 Å². The first kappa shape index (κ1) is 20.3. The summed E-state index contributed by atoms with van der Waals surface area (Å²) in [6.45, 7) is 1.98. The Kier molecular flexibility index (Phi) is 6.16. The highest BCUT2D eigenvalue weighted by molar-refractivity contribution is 7.98. The second-order valence-corrected chi connectivity index (χ2v) is 8.66. The standard InChI is InChI=1S/C22H16Cl3N3S/c1-14-6-11-18(12-20(14)25)28-21(15-7-9-17(23)10-8-15)26-27-22(28)29-13-16-4-2-3-5-19(16)24/h2-12H,13H2,1H3. The molecule has 29 heavy (non-hydrogen) atoms. The smallest absolute Gasteiger partial charge is 0.196 e. The summed E-state index contributed by atoms with van der Waals surface area (Å²) in [6, 6.07) is 21.3. The minimum Gasteiger partial charge on any atom is -0.270 e. The van der Waals surface area contributed by atoms with Crippen LogP contribution < -0.4 is 0 Å². The average Bonchev–Trinajstić information content (AvgIpc) is 3.14. The topological polar surface area (TPSA) is 30.7 Å². The number of thioether (sulfide) groups is 1. The average molecular weight is 461 g/mol. The molecule has 0 aliphatic carbocycles. The van der Waals surface area contributed by atoms with Crippen molar-refractivity contribution < 1.29 is 0 Å². The van der Waals surface area contributed by atoms with E-state index in [9.17, 15) is 0 Å². The van der Waals surface area contributed by atoms with Crippen molar-refractivity contribution >= 4 is 46.6 Å². The van der Waals surface area contributed by atoms with Gasteiger partial charge in [0.05, 0.1) is 5.69 Å². The molecule has 0 saturated carbocycles. The van der Waals surface area contributed by atoms with Gasteiger partial charge in [-0.3, -0.25) is 4.57 Å². The predicted octanol–water partition coefficient (Wildman–Crippen LogP) is 7.50. The van der Waals surface area contributed by atoms with Crippen LogP contribution in [0.1, 0.15) is 11.1 Å². The first-order chi connectivity index (χ1) is 14.0. The molecule has 0 N–H and O–H groups in total. The first-order valence-electron chi connectivity index (χ1n) is 8.87. The Labute approximate surface area is 188 Å². The molecule has 0 saturated heterocycles. The highest BCUT2D eigenvalue weighted by Crippen LogP contribution is 2.32. The molecule has 1 heterocycles. The third-order valence-electron chi connectivity index (χ3n) is 4.46. The Morgan fingerprint density at radius 2 is 1.62 bits per heavy atom. The van der Waals surface area contributed by atoms with E-state index in [1.165, 1.54) is 0 Å². The van der Waals surface area contributed by atoms with E-state index in [-0.39, 0.29) is 0 Å². The van der Waals surface area contributed by atoms with Crippen molar-refractivity contribution in [3.63, 3.8) is 0 Å². The van der Waals surface area contributed by atoms with Crippen molar-refractivity contribution in [3.05, 3.63) is 92.9 Å². The Bertz CT molecular complexity index is 1160. The van der Waals surface area contributed by atoms with Gasteiger partial charge in [0.25, 0.3) is 0 Å². The predicted molar refractivity (Wildman–Crippen MR) is 123 cm³/mol. The largest absolute Gasteiger partial charge is 0.270 e. The summed E-state index contributed by atoms with van der Waals surface area (Å²) in [6.07, 6.45) is 0. The van der Waals surface area contributed by atoms with Crippen molar-refractivity contribution in [1.82, 2.24) is 14.8 Å². The molecule has 0 aliphatic heterocycles. The number of nitrogens with zero attached hydrogens (tertiary/aromatic N) is 3. The molecule has 0 atom stereocenters. The van der Waals surface area contributed by atoms with Gasteiger partial charge >= 0.3 is 0 Å². The van der Waals surface area contributed by atoms with Crippen LogP contribution in [0.15, 0.2) is 71.9 Å². The molecule has 4 rings (SSSR count). The molecule has 0 spiro atoms. The van der Waals surface area contributed by atoms with Crippen molar-refractivity contribution in [3.8, 4) is 17.1 Å². The number of aryl methyl sites for hydroxylation is 1. The van der Waals surface area contributed by atoms with Crippen LogP contribution in [0.4, 0.5) is 0 Å². The summed E-state index contributed by atoms with van der Waals surface area (Å²) in [7, 11) is 0. The van der Waals surface area contributed by atoms with Crippen molar-refractivity contribution in [2.45, 2.75) is 17.8 Å². The summed E-state index contributed by atoms with van der Waals surface area (Å²) < 4.78 is 2.01. The zero-order valence-corrected chi connectivity index (χ0v) is 18.5. The maximum Gasteiger partial charge on any atom is 0.196 e. The van der Waals surface area contributed by atoms with Crippen LogP contribution in [0.3, 0.4) is 0 Å². The minimum atomic E-state index is 0.673. The Morgan fingerprint density at radius 1 is 0.862 bits per heavy atom. The normalized spacial score (nSPS) is 11.0. The molecule has 0 fully saturated rings. The van der Waals surface area contributed by atoms with Gasteiger partial charge in [-0.05, 0) is 60.5 Å². The number of halogens is 3. The molecule has 3 nitrogen and oxygen atoms in total. The van der Waals surface area contributed by atoms with Crippen LogP contribution in [0.5, 0.6) is 0 Å². The lowest BCUT2D eigenvalue weighted by Crippen LogP contribution is -2.00. The first-order valence-corrected chi connectivity index (χ1v) is 11.0. The fraction of sp³-hybridized carbons (Fsp3) is 0.0909. The molecule has 0 bridgehead atoms. The molecular formula is C22H16Cl3N3S. The molecule has 0 unspecified atom stereocenters. The maximum atomic E-state index is 6.40. The van der Waals surface area contributed by atoms with Crippen molar-refractivity contribution in [2.24, 2.45) is 0 Å². The van der Waals surface area contributed by atoms with Gasteiger partial charge in [-0.1, -0.05) is 70.8 Å². The van der Waals surface area contributed by atoms with E-state index in [0.717, 1.165) is 38.4 Å². The van der Waals surface area contributed by atoms with E-state index < -0.39 is 0 Å². The molecule has 3 aromatic carbocycles. The summed E-state index contributed by atoms with van der Waals surface area (Å²) in [5.74, 6) is 1.40. The second-order valence-electron chi connectivity index (χ2n) is 6.46. The monoisotopic (exact) mass is 459 g/mol. The highest BCUT2D eigenvalue weighted by atomic mass is 35.5. The van der Waals surface area contributed by atoms with E-state index in [4.69, 9.17) is 34.8 Å². The van der Waals surface area contributed by atoms with Crippen LogP contribution in [-0.2, 0) is 5.75 Å². The SMILES string of the molecule is Cc1ccc(-n2c(SCc3ccccc3Cl)nnc2-c2ccc(Cl)cc2)cc1Cl. The lowest BCUT2D eigenvalue weighted by molar-refractivity contribution is 0.885.